The largest absolute Gasteiger partial charge is 0.484 e. The first-order valence-electron chi connectivity index (χ1n) is 7.22. The van der Waals surface area contributed by atoms with Gasteiger partial charge in [-0.25, -0.2) is 0 Å². The Morgan fingerprint density at radius 3 is 3.00 bits per heavy atom. The van der Waals surface area contributed by atoms with Gasteiger partial charge in [-0.1, -0.05) is 6.07 Å². The number of ether oxygens (including phenoxy) is 1. The SMILES string of the molecule is NC(=O)COc1cccc(NC2CCN(C3CC3)C2)c1. The molecule has 1 unspecified atom stereocenters. The van der Waals surface area contributed by atoms with Crippen LogP contribution in [0, 0.1) is 0 Å². The lowest BCUT2D eigenvalue weighted by Gasteiger charge is -2.17. The molecule has 108 valence electrons. The van der Waals surface area contributed by atoms with E-state index < -0.39 is 5.91 Å². The van der Waals surface area contributed by atoms with Crippen LogP contribution in [0.1, 0.15) is 19.3 Å². The van der Waals surface area contributed by atoms with Crippen LogP contribution in [-0.4, -0.2) is 42.6 Å². The van der Waals surface area contributed by atoms with E-state index in [1.807, 2.05) is 24.3 Å². The number of rotatable bonds is 6. The Bertz CT molecular complexity index is 488. The van der Waals surface area contributed by atoms with Gasteiger partial charge in [-0.3, -0.25) is 9.69 Å². The number of anilines is 1. The average Bonchev–Trinajstić information content (AvgIpc) is 3.18. The first-order chi connectivity index (χ1) is 9.70. The van der Waals surface area contributed by atoms with Crippen molar-refractivity contribution >= 4 is 11.6 Å². The van der Waals surface area contributed by atoms with Gasteiger partial charge in [0.25, 0.3) is 5.91 Å². The molecule has 2 fully saturated rings. The standard InChI is InChI=1S/C15H21N3O2/c16-15(19)10-20-14-3-1-2-11(8-14)17-12-6-7-18(9-12)13-4-5-13/h1-3,8,12-13,17H,4-7,9-10H2,(H2,16,19). The fourth-order valence-corrected chi connectivity index (χ4v) is 2.74. The maximum atomic E-state index is 10.7. The summed E-state index contributed by atoms with van der Waals surface area (Å²) in [5.74, 6) is 0.213. The molecule has 5 heteroatoms. The van der Waals surface area contributed by atoms with Gasteiger partial charge in [0.15, 0.2) is 6.61 Å². The summed E-state index contributed by atoms with van der Waals surface area (Å²) in [6, 6.07) is 9.04. The number of nitrogens with zero attached hydrogens (tertiary/aromatic N) is 1. The number of benzene rings is 1. The third-order valence-corrected chi connectivity index (χ3v) is 3.87. The Labute approximate surface area is 119 Å². The lowest BCUT2D eigenvalue weighted by atomic mass is 10.2. The van der Waals surface area contributed by atoms with Crippen LogP contribution in [0.4, 0.5) is 5.69 Å². The summed E-state index contributed by atoms with van der Waals surface area (Å²) in [5.41, 5.74) is 6.11. The fraction of sp³-hybridized carbons (Fsp3) is 0.533. The number of primary amides is 1. The molecule has 1 saturated carbocycles. The minimum atomic E-state index is -0.459. The monoisotopic (exact) mass is 275 g/mol. The Morgan fingerprint density at radius 2 is 2.25 bits per heavy atom. The first kappa shape index (κ1) is 13.2. The molecule has 1 aliphatic heterocycles. The Morgan fingerprint density at radius 1 is 1.40 bits per heavy atom. The molecule has 3 N–H and O–H groups in total. The van der Waals surface area contributed by atoms with Gasteiger partial charge >= 0.3 is 0 Å². The van der Waals surface area contributed by atoms with Gasteiger partial charge in [0.1, 0.15) is 5.75 Å². The smallest absolute Gasteiger partial charge is 0.255 e. The molecule has 1 aromatic rings. The summed E-state index contributed by atoms with van der Waals surface area (Å²) in [5, 5.41) is 3.54. The molecule has 0 spiro atoms. The van der Waals surface area contributed by atoms with Crippen LogP contribution in [0.2, 0.25) is 0 Å². The molecule has 20 heavy (non-hydrogen) atoms. The normalized spacial score (nSPS) is 22.7. The Hall–Kier alpha value is -1.75. The van der Waals surface area contributed by atoms with Crippen molar-refractivity contribution < 1.29 is 9.53 Å². The molecule has 3 rings (SSSR count). The third kappa shape index (κ3) is 3.42. The number of carbonyl (C=O) groups excluding carboxylic acids is 1. The zero-order chi connectivity index (χ0) is 13.9. The number of hydrogen-bond acceptors (Lipinski definition) is 4. The molecule has 1 atom stereocenters. The topological polar surface area (TPSA) is 67.6 Å². The second-order valence-electron chi connectivity index (χ2n) is 5.64. The van der Waals surface area contributed by atoms with E-state index in [1.165, 1.54) is 25.8 Å². The predicted octanol–water partition coefficient (Wildman–Crippen LogP) is 1.20. The molecule has 0 bridgehead atoms. The van der Waals surface area contributed by atoms with E-state index in [0.29, 0.717) is 11.8 Å². The van der Waals surface area contributed by atoms with Crippen LogP contribution in [0.15, 0.2) is 24.3 Å². The maximum absolute atomic E-state index is 10.7. The van der Waals surface area contributed by atoms with Gasteiger partial charge < -0.3 is 15.8 Å². The number of likely N-dealkylation sites (tertiary alicyclic amines) is 1. The highest BCUT2D eigenvalue weighted by Gasteiger charge is 2.34. The van der Waals surface area contributed by atoms with Gasteiger partial charge in [0.05, 0.1) is 0 Å². The van der Waals surface area contributed by atoms with Crippen molar-refractivity contribution in [1.29, 1.82) is 0 Å². The Balaban J connectivity index is 1.54. The highest BCUT2D eigenvalue weighted by molar-refractivity contribution is 5.75. The zero-order valence-corrected chi connectivity index (χ0v) is 11.5. The maximum Gasteiger partial charge on any atom is 0.255 e. The van der Waals surface area contributed by atoms with Crippen molar-refractivity contribution in [3.05, 3.63) is 24.3 Å². The van der Waals surface area contributed by atoms with Crippen molar-refractivity contribution in [2.75, 3.05) is 25.0 Å². The molecule has 0 aromatic heterocycles. The van der Waals surface area contributed by atoms with E-state index in [-0.39, 0.29) is 6.61 Å². The lowest BCUT2D eigenvalue weighted by Crippen LogP contribution is -2.27. The van der Waals surface area contributed by atoms with Crippen molar-refractivity contribution in [3.8, 4) is 5.75 Å². The van der Waals surface area contributed by atoms with Gasteiger partial charge in [-0.05, 0) is 31.4 Å². The second-order valence-corrected chi connectivity index (χ2v) is 5.64. The summed E-state index contributed by atoms with van der Waals surface area (Å²) in [6.07, 6.45) is 3.91. The minimum Gasteiger partial charge on any atom is -0.484 e. The minimum absolute atomic E-state index is 0.0810. The number of hydrogen-bond donors (Lipinski definition) is 2. The van der Waals surface area contributed by atoms with Crippen molar-refractivity contribution in [3.63, 3.8) is 0 Å². The van der Waals surface area contributed by atoms with Gasteiger partial charge in [0.2, 0.25) is 0 Å². The zero-order valence-electron chi connectivity index (χ0n) is 11.5. The van der Waals surface area contributed by atoms with E-state index in [2.05, 4.69) is 10.2 Å². The van der Waals surface area contributed by atoms with Crippen LogP contribution in [0.5, 0.6) is 5.75 Å². The Kier molecular flexibility index (Phi) is 3.78. The van der Waals surface area contributed by atoms with Crippen molar-refractivity contribution in [2.45, 2.75) is 31.3 Å². The van der Waals surface area contributed by atoms with E-state index >= 15 is 0 Å². The van der Waals surface area contributed by atoms with E-state index in [1.54, 1.807) is 0 Å². The van der Waals surface area contributed by atoms with Crippen LogP contribution in [0.3, 0.4) is 0 Å². The van der Waals surface area contributed by atoms with Crippen molar-refractivity contribution in [1.82, 2.24) is 4.90 Å². The molecule has 1 aromatic carbocycles. The predicted molar refractivity (Wildman–Crippen MR) is 77.8 cm³/mol. The number of carbonyl (C=O) groups is 1. The number of nitrogens with one attached hydrogen (secondary N) is 1. The van der Waals surface area contributed by atoms with Crippen LogP contribution in [0.25, 0.3) is 0 Å². The molecular weight excluding hydrogens is 254 g/mol. The first-order valence-corrected chi connectivity index (χ1v) is 7.22. The highest BCUT2D eigenvalue weighted by Crippen LogP contribution is 2.30. The van der Waals surface area contributed by atoms with E-state index in [0.717, 1.165) is 18.3 Å². The van der Waals surface area contributed by atoms with Crippen LogP contribution >= 0.6 is 0 Å². The molecule has 5 nitrogen and oxygen atoms in total. The van der Waals surface area contributed by atoms with E-state index in [4.69, 9.17) is 10.5 Å². The molecule has 0 radical (unpaired) electrons. The van der Waals surface area contributed by atoms with Gasteiger partial charge in [-0.2, -0.15) is 0 Å². The highest BCUT2D eigenvalue weighted by atomic mass is 16.5. The third-order valence-electron chi connectivity index (χ3n) is 3.87. The van der Waals surface area contributed by atoms with Crippen LogP contribution in [-0.2, 0) is 4.79 Å². The average molecular weight is 275 g/mol. The second kappa shape index (κ2) is 5.71. The molecule has 1 saturated heterocycles. The fourth-order valence-electron chi connectivity index (χ4n) is 2.74. The van der Waals surface area contributed by atoms with Gasteiger partial charge in [0, 0.05) is 36.9 Å². The van der Waals surface area contributed by atoms with Gasteiger partial charge in [-0.15, -0.1) is 0 Å². The molecule has 1 aliphatic carbocycles. The molecule has 2 aliphatic rings. The quantitative estimate of drug-likeness (QED) is 0.818. The summed E-state index contributed by atoms with van der Waals surface area (Å²) in [4.78, 5) is 13.3. The summed E-state index contributed by atoms with van der Waals surface area (Å²) >= 11 is 0. The molecule has 1 amide bonds. The van der Waals surface area contributed by atoms with Crippen LogP contribution < -0.4 is 15.8 Å². The summed E-state index contributed by atoms with van der Waals surface area (Å²) < 4.78 is 5.32. The van der Waals surface area contributed by atoms with E-state index in [9.17, 15) is 4.79 Å². The van der Waals surface area contributed by atoms with Crippen molar-refractivity contribution in [2.24, 2.45) is 5.73 Å². The lowest BCUT2D eigenvalue weighted by molar-refractivity contribution is -0.119. The molecule has 1 heterocycles. The molecular formula is C15H21N3O2. The number of nitrogens with two attached hydrogens (primary N) is 1. The summed E-state index contributed by atoms with van der Waals surface area (Å²) in [6.45, 7) is 2.24. The summed E-state index contributed by atoms with van der Waals surface area (Å²) in [7, 11) is 0. The number of amides is 1.